The van der Waals surface area contributed by atoms with E-state index in [9.17, 15) is 4.79 Å². The van der Waals surface area contributed by atoms with Crippen molar-refractivity contribution in [3.63, 3.8) is 0 Å². The fraction of sp³-hybridized carbons (Fsp3) is 0.917. The minimum absolute atomic E-state index is 0.125. The molecule has 2 heterocycles. The molecule has 2 aliphatic rings. The maximum Gasteiger partial charge on any atom is 0.242 e. The quantitative estimate of drug-likeness (QED) is 0.786. The Morgan fingerprint density at radius 1 is 1.53 bits per heavy atom. The van der Waals surface area contributed by atoms with Gasteiger partial charge in [-0.25, -0.2) is 0 Å². The van der Waals surface area contributed by atoms with Crippen LogP contribution in [0.3, 0.4) is 0 Å². The molecule has 17 heavy (non-hydrogen) atoms. The summed E-state index contributed by atoms with van der Waals surface area (Å²) in [7, 11) is 0. The Bertz CT molecular complexity index is 267. The van der Waals surface area contributed by atoms with Crippen LogP contribution in [0.5, 0.6) is 0 Å². The van der Waals surface area contributed by atoms with Crippen LogP contribution in [0.15, 0.2) is 0 Å². The first-order valence-corrected chi connectivity index (χ1v) is 7.45. The first-order chi connectivity index (χ1) is 8.18. The van der Waals surface area contributed by atoms with E-state index in [1.54, 1.807) is 0 Å². The van der Waals surface area contributed by atoms with Crippen molar-refractivity contribution in [3.05, 3.63) is 0 Å². The molecule has 1 amide bonds. The van der Waals surface area contributed by atoms with Gasteiger partial charge in [0.1, 0.15) is 6.04 Å². The molecule has 5 heteroatoms. The lowest BCUT2D eigenvalue weighted by Crippen LogP contribution is -2.55. The molecule has 0 aliphatic carbocycles. The fourth-order valence-corrected chi connectivity index (χ4v) is 3.52. The van der Waals surface area contributed by atoms with E-state index in [1.807, 2.05) is 16.7 Å². The number of nitrogens with zero attached hydrogens (tertiary/aromatic N) is 1. The number of hydrogen-bond donors (Lipinski definition) is 1. The molecule has 98 valence electrons. The SMILES string of the molecule is CC(C)C1CN(C(=O)C2COCCN2)CCS1. The number of nitrogens with one attached hydrogen (secondary N) is 1. The lowest BCUT2D eigenvalue weighted by Gasteiger charge is -2.37. The van der Waals surface area contributed by atoms with Gasteiger partial charge in [0.2, 0.25) is 5.91 Å². The van der Waals surface area contributed by atoms with Crippen molar-refractivity contribution in [1.82, 2.24) is 10.2 Å². The smallest absolute Gasteiger partial charge is 0.242 e. The molecular weight excluding hydrogens is 236 g/mol. The molecule has 4 nitrogen and oxygen atoms in total. The Hall–Kier alpha value is -0.260. The first kappa shape index (κ1) is 13.2. The van der Waals surface area contributed by atoms with Crippen LogP contribution >= 0.6 is 11.8 Å². The summed E-state index contributed by atoms with van der Waals surface area (Å²) in [6.07, 6.45) is 0. The van der Waals surface area contributed by atoms with Gasteiger partial charge in [-0.1, -0.05) is 13.8 Å². The molecule has 0 spiro atoms. The molecule has 2 saturated heterocycles. The second kappa shape index (κ2) is 6.07. The Labute approximate surface area is 107 Å². The minimum atomic E-state index is -0.125. The van der Waals surface area contributed by atoms with Crippen molar-refractivity contribution in [2.24, 2.45) is 5.92 Å². The average molecular weight is 258 g/mol. The van der Waals surface area contributed by atoms with Crippen LogP contribution in [-0.2, 0) is 9.53 Å². The molecule has 0 aromatic heterocycles. The van der Waals surface area contributed by atoms with Gasteiger partial charge in [-0.05, 0) is 5.92 Å². The highest BCUT2D eigenvalue weighted by molar-refractivity contribution is 8.00. The summed E-state index contributed by atoms with van der Waals surface area (Å²) in [5.41, 5.74) is 0. The molecular formula is C12H22N2O2S. The second-order valence-corrected chi connectivity index (χ2v) is 6.37. The zero-order valence-electron chi connectivity index (χ0n) is 10.6. The number of morpholine rings is 1. The van der Waals surface area contributed by atoms with Crippen molar-refractivity contribution < 1.29 is 9.53 Å². The van der Waals surface area contributed by atoms with Crippen molar-refractivity contribution in [2.75, 3.05) is 38.6 Å². The van der Waals surface area contributed by atoms with Crippen molar-refractivity contribution in [2.45, 2.75) is 25.1 Å². The highest BCUT2D eigenvalue weighted by Crippen LogP contribution is 2.25. The van der Waals surface area contributed by atoms with Gasteiger partial charge in [0, 0.05) is 30.6 Å². The molecule has 2 unspecified atom stereocenters. The fourth-order valence-electron chi connectivity index (χ4n) is 2.22. The van der Waals surface area contributed by atoms with Crippen LogP contribution in [0, 0.1) is 5.92 Å². The highest BCUT2D eigenvalue weighted by Gasteiger charge is 2.31. The van der Waals surface area contributed by atoms with E-state index in [-0.39, 0.29) is 11.9 Å². The third-order valence-corrected chi connectivity index (χ3v) is 4.91. The van der Waals surface area contributed by atoms with E-state index < -0.39 is 0 Å². The summed E-state index contributed by atoms with van der Waals surface area (Å²) in [4.78, 5) is 14.3. The number of ether oxygens (including phenoxy) is 1. The van der Waals surface area contributed by atoms with E-state index in [0.29, 0.717) is 24.4 Å². The van der Waals surface area contributed by atoms with Crippen LogP contribution in [-0.4, -0.2) is 60.7 Å². The van der Waals surface area contributed by atoms with E-state index in [2.05, 4.69) is 19.2 Å². The molecule has 2 fully saturated rings. The Morgan fingerprint density at radius 2 is 2.35 bits per heavy atom. The summed E-state index contributed by atoms with van der Waals surface area (Å²) in [6, 6.07) is -0.125. The maximum atomic E-state index is 12.3. The Balaban J connectivity index is 1.89. The van der Waals surface area contributed by atoms with Gasteiger partial charge in [0.25, 0.3) is 0 Å². The summed E-state index contributed by atoms with van der Waals surface area (Å²) >= 11 is 1.99. The summed E-state index contributed by atoms with van der Waals surface area (Å²) in [5, 5.41) is 3.82. The molecule has 2 rings (SSSR count). The van der Waals surface area contributed by atoms with E-state index in [0.717, 1.165) is 25.4 Å². The number of rotatable bonds is 2. The maximum absolute atomic E-state index is 12.3. The molecule has 0 saturated carbocycles. The number of carbonyl (C=O) groups excluding carboxylic acids is 1. The number of carbonyl (C=O) groups is 1. The predicted molar refractivity (Wildman–Crippen MR) is 70.3 cm³/mol. The minimum Gasteiger partial charge on any atom is -0.378 e. The molecule has 0 bridgehead atoms. The number of thioether (sulfide) groups is 1. The number of hydrogen-bond acceptors (Lipinski definition) is 4. The third kappa shape index (κ3) is 3.36. The van der Waals surface area contributed by atoms with Crippen LogP contribution in [0.1, 0.15) is 13.8 Å². The average Bonchev–Trinajstić information content (AvgIpc) is 2.39. The van der Waals surface area contributed by atoms with Crippen molar-refractivity contribution in [3.8, 4) is 0 Å². The first-order valence-electron chi connectivity index (χ1n) is 6.40. The molecule has 0 aromatic carbocycles. The van der Waals surface area contributed by atoms with Gasteiger partial charge < -0.3 is 15.0 Å². The third-order valence-electron chi connectivity index (χ3n) is 3.37. The van der Waals surface area contributed by atoms with Gasteiger partial charge in [0.05, 0.1) is 13.2 Å². The Morgan fingerprint density at radius 3 is 3.00 bits per heavy atom. The number of amides is 1. The normalized spacial score (nSPS) is 30.6. The Kier molecular flexibility index (Phi) is 4.70. The standard InChI is InChI=1S/C12H22N2O2S/c1-9(2)11-7-14(4-6-17-11)12(15)10-8-16-5-3-13-10/h9-11,13H,3-8H2,1-2H3. The molecule has 2 atom stereocenters. The van der Waals surface area contributed by atoms with Gasteiger partial charge in [0.15, 0.2) is 0 Å². The van der Waals surface area contributed by atoms with Gasteiger partial charge >= 0.3 is 0 Å². The second-order valence-electron chi connectivity index (χ2n) is 5.02. The predicted octanol–water partition coefficient (Wildman–Crippen LogP) is 0.575. The van der Waals surface area contributed by atoms with Crippen LogP contribution < -0.4 is 5.32 Å². The van der Waals surface area contributed by atoms with E-state index in [4.69, 9.17) is 4.74 Å². The van der Waals surface area contributed by atoms with Gasteiger partial charge in [-0.15, -0.1) is 0 Å². The lowest BCUT2D eigenvalue weighted by atomic mass is 10.1. The van der Waals surface area contributed by atoms with Crippen LogP contribution in [0.2, 0.25) is 0 Å². The monoisotopic (exact) mass is 258 g/mol. The summed E-state index contributed by atoms with van der Waals surface area (Å²) < 4.78 is 5.35. The lowest BCUT2D eigenvalue weighted by molar-refractivity contribution is -0.136. The van der Waals surface area contributed by atoms with Crippen LogP contribution in [0.4, 0.5) is 0 Å². The van der Waals surface area contributed by atoms with Gasteiger partial charge in [-0.3, -0.25) is 4.79 Å². The molecule has 1 N–H and O–H groups in total. The largest absolute Gasteiger partial charge is 0.378 e. The zero-order valence-corrected chi connectivity index (χ0v) is 11.5. The van der Waals surface area contributed by atoms with E-state index in [1.165, 1.54) is 0 Å². The van der Waals surface area contributed by atoms with E-state index >= 15 is 0 Å². The summed E-state index contributed by atoms with van der Waals surface area (Å²) in [5.74, 6) is 1.91. The summed E-state index contributed by atoms with van der Waals surface area (Å²) in [6.45, 7) is 8.25. The van der Waals surface area contributed by atoms with Gasteiger partial charge in [-0.2, -0.15) is 11.8 Å². The van der Waals surface area contributed by atoms with Crippen molar-refractivity contribution in [1.29, 1.82) is 0 Å². The topological polar surface area (TPSA) is 41.6 Å². The van der Waals surface area contributed by atoms with Crippen molar-refractivity contribution >= 4 is 17.7 Å². The molecule has 0 aromatic rings. The highest BCUT2D eigenvalue weighted by atomic mass is 32.2. The molecule has 0 radical (unpaired) electrons. The molecule has 2 aliphatic heterocycles. The zero-order chi connectivity index (χ0) is 12.3. The van der Waals surface area contributed by atoms with Crippen LogP contribution in [0.25, 0.3) is 0 Å².